The van der Waals surface area contributed by atoms with E-state index in [9.17, 15) is 4.79 Å². The Balaban J connectivity index is 1.79. The van der Waals surface area contributed by atoms with Crippen LogP contribution >= 0.6 is 0 Å². The van der Waals surface area contributed by atoms with Crippen LogP contribution < -0.4 is 10.8 Å². The Labute approximate surface area is 139 Å². The molecule has 1 aromatic rings. The Morgan fingerprint density at radius 2 is 1.65 bits per heavy atom. The lowest BCUT2D eigenvalue weighted by atomic mass is 9.76. The second-order valence-electron chi connectivity index (χ2n) is 8.17. The fourth-order valence-corrected chi connectivity index (χ4v) is 2.71. The van der Waals surface area contributed by atoms with E-state index in [2.05, 4.69) is 12.2 Å². The first-order chi connectivity index (χ1) is 10.5. The molecule has 0 aromatic heterocycles. The van der Waals surface area contributed by atoms with Gasteiger partial charge in [0.2, 0.25) is 0 Å². The van der Waals surface area contributed by atoms with Crippen molar-refractivity contribution in [1.29, 1.82) is 0 Å². The molecule has 23 heavy (non-hydrogen) atoms. The van der Waals surface area contributed by atoms with Crippen molar-refractivity contribution in [3.63, 3.8) is 0 Å². The first kappa shape index (κ1) is 16.5. The largest absolute Gasteiger partial charge is 0.495 e. The van der Waals surface area contributed by atoms with E-state index >= 15 is 0 Å². The molecule has 1 heterocycles. The summed E-state index contributed by atoms with van der Waals surface area (Å²) in [5.74, 6) is -0.00596. The minimum atomic E-state index is -0.391. The zero-order valence-electron chi connectivity index (χ0n) is 14.9. The van der Waals surface area contributed by atoms with Gasteiger partial charge in [-0.15, -0.1) is 0 Å². The molecule has 2 aliphatic rings. The number of aryl methyl sites for hydroxylation is 1. The maximum absolute atomic E-state index is 12.3. The Bertz CT molecular complexity index is 634. The van der Waals surface area contributed by atoms with E-state index in [0.29, 0.717) is 5.56 Å². The van der Waals surface area contributed by atoms with Crippen molar-refractivity contribution in [1.82, 2.24) is 5.32 Å². The molecule has 4 nitrogen and oxygen atoms in total. The zero-order valence-corrected chi connectivity index (χ0v) is 14.9. The highest BCUT2D eigenvalue weighted by Gasteiger charge is 2.52. The summed E-state index contributed by atoms with van der Waals surface area (Å²) in [5.41, 5.74) is 1.96. The van der Waals surface area contributed by atoms with Crippen molar-refractivity contribution in [2.75, 3.05) is 0 Å². The monoisotopic (exact) mass is 315 g/mol. The van der Waals surface area contributed by atoms with Crippen LogP contribution in [-0.4, -0.2) is 29.8 Å². The Morgan fingerprint density at radius 1 is 1.09 bits per heavy atom. The van der Waals surface area contributed by atoms with Crippen LogP contribution in [0.1, 0.15) is 63.4 Å². The summed E-state index contributed by atoms with van der Waals surface area (Å²) >= 11 is 0. The van der Waals surface area contributed by atoms with Gasteiger partial charge >= 0.3 is 7.12 Å². The quantitative estimate of drug-likeness (QED) is 0.872. The highest BCUT2D eigenvalue weighted by molar-refractivity contribution is 6.62. The van der Waals surface area contributed by atoms with Gasteiger partial charge in [-0.1, -0.05) is 11.6 Å². The van der Waals surface area contributed by atoms with Crippen LogP contribution in [0, 0.1) is 6.92 Å². The maximum atomic E-state index is 12.3. The number of benzene rings is 1. The van der Waals surface area contributed by atoms with Crippen LogP contribution in [0.5, 0.6) is 0 Å². The number of hydrogen-bond donors (Lipinski definition) is 1. The molecule has 1 aliphatic carbocycles. The summed E-state index contributed by atoms with van der Waals surface area (Å²) in [6, 6.07) is 5.72. The number of carbonyl (C=O) groups excluding carboxylic acids is 1. The normalized spacial score (nSPS) is 23.7. The average molecular weight is 315 g/mol. The van der Waals surface area contributed by atoms with Crippen molar-refractivity contribution in [2.24, 2.45) is 0 Å². The van der Waals surface area contributed by atoms with Gasteiger partial charge < -0.3 is 14.6 Å². The molecule has 0 radical (unpaired) electrons. The van der Waals surface area contributed by atoms with E-state index in [-0.39, 0.29) is 22.6 Å². The number of rotatable bonds is 3. The van der Waals surface area contributed by atoms with Gasteiger partial charge in [0.1, 0.15) is 0 Å². The molecule has 3 rings (SSSR count). The third kappa shape index (κ3) is 3.04. The van der Waals surface area contributed by atoms with Crippen molar-refractivity contribution >= 4 is 18.5 Å². The van der Waals surface area contributed by atoms with Gasteiger partial charge in [-0.25, -0.2) is 0 Å². The fraction of sp³-hybridized carbons (Fsp3) is 0.611. The molecule has 5 heteroatoms. The van der Waals surface area contributed by atoms with E-state index in [1.54, 1.807) is 0 Å². The molecule has 1 aliphatic heterocycles. The van der Waals surface area contributed by atoms with E-state index in [4.69, 9.17) is 9.31 Å². The summed E-state index contributed by atoms with van der Waals surface area (Å²) < 4.78 is 12.2. The zero-order chi connectivity index (χ0) is 17.0. The lowest BCUT2D eigenvalue weighted by Gasteiger charge is -2.32. The molecule has 1 N–H and O–H groups in total. The molecule has 1 saturated heterocycles. The number of nitrogens with one attached hydrogen (secondary N) is 1. The first-order valence-electron chi connectivity index (χ1n) is 8.32. The fourth-order valence-electron chi connectivity index (χ4n) is 2.71. The molecule has 0 unspecified atom stereocenters. The van der Waals surface area contributed by atoms with Crippen LogP contribution in [0.3, 0.4) is 0 Å². The topological polar surface area (TPSA) is 47.6 Å². The molecule has 1 amide bonds. The Hall–Kier alpha value is -1.33. The second kappa shape index (κ2) is 5.08. The van der Waals surface area contributed by atoms with Crippen LogP contribution in [0.25, 0.3) is 0 Å². The van der Waals surface area contributed by atoms with Gasteiger partial charge in [-0.05, 0) is 72.0 Å². The molecule has 0 spiro atoms. The number of hydrogen-bond acceptors (Lipinski definition) is 3. The summed E-state index contributed by atoms with van der Waals surface area (Å²) in [5, 5.41) is 3.09. The molecule has 1 aromatic carbocycles. The Morgan fingerprint density at radius 3 is 2.13 bits per heavy atom. The maximum Gasteiger partial charge on any atom is 0.495 e. The molecule has 124 valence electrons. The van der Waals surface area contributed by atoms with Gasteiger partial charge in [-0.2, -0.15) is 0 Å². The van der Waals surface area contributed by atoms with Gasteiger partial charge in [0.05, 0.1) is 11.2 Å². The van der Waals surface area contributed by atoms with E-state index in [1.807, 2.05) is 52.8 Å². The molecule has 0 atom stereocenters. The van der Waals surface area contributed by atoms with Crippen LogP contribution in [0.4, 0.5) is 0 Å². The minimum absolute atomic E-state index is 0.00458. The van der Waals surface area contributed by atoms with Crippen LogP contribution in [0.2, 0.25) is 0 Å². The van der Waals surface area contributed by atoms with Crippen molar-refractivity contribution in [2.45, 2.75) is 71.1 Å². The van der Waals surface area contributed by atoms with Gasteiger partial charge in [-0.3, -0.25) is 4.79 Å². The number of amides is 1. The predicted molar refractivity (Wildman–Crippen MR) is 92.0 cm³/mol. The van der Waals surface area contributed by atoms with Crippen molar-refractivity contribution < 1.29 is 14.1 Å². The second-order valence-corrected chi connectivity index (χ2v) is 8.17. The summed E-state index contributed by atoms with van der Waals surface area (Å²) in [7, 11) is -0.391. The standard InChI is InChI=1S/C18H26BNO3/c1-12-11-13(15(21)20-18(6)9-10-18)7-8-14(12)19-22-16(2,3)17(4,5)23-19/h7-8,11H,9-10H2,1-6H3,(H,20,21). The van der Waals surface area contributed by atoms with E-state index in [0.717, 1.165) is 23.9 Å². The predicted octanol–water partition coefficient (Wildman–Crippen LogP) is 2.58. The lowest BCUT2D eigenvalue weighted by Crippen LogP contribution is -2.41. The van der Waals surface area contributed by atoms with Crippen LogP contribution in [0.15, 0.2) is 18.2 Å². The highest BCUT2D eigenvalue weighted by atomic mass is 16.7. The van der Waals surface area contributed by atoms with Crippen molar-refractivity contribution in [3.05, 3.63) is 29.3 Å². The third-order valence-corrected chi connectivity index (χ3v) is 5.45. The third-order valence-electron chi connectivity index (χ3n) is 5.45. The molecule has 1 saturated carbocycles. The molecular formula is C18H26BNO3. The smallest absolute Gasteiger partial charge is 0.399 e. The molecule has 2 fully saturated rings. The minimum Gasteiger partial charge on any atom is -0.399 e. The van der Waals surface area contributed by atoms with Crippen molar-refractivity contribution in [3.8, 4) is 0 Å². The van der Waals surface area contributed by atoms with E-state index < -0.39 is 7.12 Å². The number of carbonyl (C=O) groups is 1. The summed E-state index contributed by atoms with van der Waals surface area (Å²) in [6.45, 7) is 12.2. The Kier molecular flexibility index (Phi) is 3.65. The van der Waals surface area contributed by atoms with Gasteiger partial charge in [0, 0.05) is 11.1 Å². The van der Waals surface area contributed by atoms with E-state index in [1.165, 1.54) is 0 Å². The summed E-state index contributed by atoms with van der Waals surface area (Å²) in [6.07, 6.45) is 2.12. The highest BCUT2D eigenvalue weighted by Crippen LogP contribution is 2.37. The first-order valence-corrected chi connectivity index (χ1v) is 8.32. The average Bonchev–Trinajstić information content (AvgIpc) is 3.08. The molecule has 0 bridgehead atoms. The van der Waals surface area contributed by atoms with Gasteiger partial charge in [0.15, 0.2) is 0 Å². The SMILES string of the molecule is Cc1cc(C(=O)NC2(C)CC2)ccc1B1OC(C)(C)C(C)(C)O1. The molecular weight excluding hydrogens is 289 g/mol. The lowest BCUT2D eigenvalue weighted by molar-refractivity contribution is 0.00578. The summed E-state index contributed by atoms with van der Waals surface area (Å²) in [4.78, 5) is 12.3. The van der Waals surface area contributed by atoms with Gasteiger partial charge in [0.25, 0.3) is 5.91 Å². The van der Waals surface area contributed by atoms with Crippen LogP contribution in [-0.2, 0) is 9.31 Å².